The first-order valence-electron chi connectivity index (χ1n) is 7.09. The summed E-state index contributed by atoms with van der Waals surface area (Å²) in [5.74, 6) is 0. The van der Waals surface area contributed by atoms with E-state index in [0.29, 0.717) is 16.4 Å². The number of aromatic nitrogens is 1. The maximum Gasteiger partial charge on any atom is 0.416 e. The normalized spacial score (nSPS) is 11.8. The van der Waals surface area contributed by atoms with Gasteiger partial charge >= 0.3 is 6.18 Å². The summed E-state index contributed by atoms with van der Waals surface area (Å²) >= 11 is 4.69. The Morgan fingerprint density at radius 3 is 2.36 bits per heavy atom. The van der Waals surface area contributed by atoms with E-state index in [4.69, 9.17) is 0 Å². The Kier molecular flexibility index (Phi) is 5.19. The SMILES string of the molecule is FC(F)(F)c1ccc(-c2csc(N/N=C/c3ccc(Br)cc3)n2)cc1. The summed E-state index contributed by atoms with van der Waals surface area (Å²) in [7, 11) is 0. The number of nitrogens with one attached hydrogen (secondary N) is 1. The highest BCUT2D eigenvalue weighted by Crippen LogP contribution is 2.31. The van der Waals surface area contributed by atoms with Crippen molar-refractivity contribution in [1.82, 2.24) is 4.98 Å². The zero-order chi connectivity index (χ0) is 17.9. The van der Waals surface area contributed by atoms with Crippen LogP contribution in [-0.2, 0) is 6.18 Å². The molecule has 0 saturated carbocycles. The van der Waals surface area contributed by atoms with Gasteiger partial charge in [0.25, 0.3) is 0 Å². The van der Waals surface area contributed by atoms with Crippen molar-refractivity contribution in [3.8, 4) is 11.3 Å². The molecule has 0 radical (unpaired) electrons. The van der Waals surface area contributed by atoms with Crippen LogP contribution in [0.4, 0.5) is 18.3 Å². The second-order valence-corrected chi connectivity index (χ2v) is 6.81. The minimum atomic E-state index is -4.34. The lowest BCUT2D eigenvalue weighted by Crippen LogP contribution is -2.03. The van der Waals surface area contributed by atoms with Gasteiger partial charge in [0.05, 0.1) is 17.5 Å². The van der Waals surface area contributed by atoms with E-state index in [0.717, 1.165) is 22.2 Å². The summed E-state index contributed by atoms with van der Waals surface area (Å²) < 4.78 is 38.7. The first-order chi connectivity index (χ1) is 11.9. The molecule has 1 aromatic heterocycles. The monoisotopic (exact) mass is 425 g/mol. The van der Waals surface area contributed by atoms with E-state index >= 15 is 0 Å². The first-order valence-corrected chi connectivity index (χ1v) is 8.77. The molecule has 1 N–H and O–H groups in total. The van der Waals surface area contributed by atoms with Crippen LogP contribution < -0.4 is 5.43 Å². The second-order valence-electron chi connectivity index (χ2n) is 5.03. The molecule has 1 heterocycles. The Balaban J connectivity index is 1.67. The molecule has 8 heteroatoms. The van der Waals surface area contributed by atoms with Crippen LogP contribution in [0, 0.1) is 0 Å². The van der Waals surface area contributed by atoms with E-state index in [1.165, 1.54) is 23.5 Å². The summed E-state index contributed by atoms with van der Waals surface area (Å²) in [5.41, 5.74) is 4.28. The molecule has 0 spiro atoms. The third-order valence-corrected chi connectivity index (χ3v) is 4.53. The second kappa shape index (κ2) is 7.37. The highest BCUT2D eigenvalue weighted by atomic mass is 79.9. The van der Waals surface area contributed by atoms with Crippen molar-refractivity contribution >= 4 is 38.6 Å². The molecule has 3 rings (SSSR count). The maximum absolute atomic E-state index is 12.6. The van der Waals surface area contributed by atoms with Gasteiger partial charge in [-0.2, -0.15) is 18.3 Å². The standard InChI is InChI=1S/C17H11BrF3N3S/c18-14-7-1-11(2-8-14)9-22-24-16-23-15(10-25-16)12-3-5-13(6-4-12)17(19,20)21/h1-10H,(H,23,24)/b22-9+. The van der Waals surface area contributed by atoms with Crippen LogP contribution in [0.2, 0.25) is 0 Å². The predicted molar refractivity (Wildman–Crippen MR) is 97.9 cm³/mol. The zero-order valence-corrected chi connectivity index (χ0v) is 15.0. The van der Waals surface area contributed by atoms with E-state index in [2.05, 4.69) is 31.4 Å². The summed E-state index contributed by atoms with van der Waals surface area (Å²) in [6.07, 6.45) is -2.68. The third kappa shape index (κ3) is 4.67. The number of anilines is 1. The summed E-state index contributed by atoms with van der Waals surface area (Å²) in [6, 6.07) is 12.6. The van der Waals surface area contributed by atoms with Gasteiger partial charge in [0.15, 0.2) is 0 Å². The number of hydrogen-bond acceptors (Lipinski definition) is 4. The van der Waals surface area contributed by atoms with Gasteiger partial charge in [-0.3, -0.25) is 5.43 Å². The van der Waals surface area contributed by atoms with Crippen LogP contribution >= 0.6 is 27.3 Å². The minimum Gasteiger partial charge on any atom is -0.253 e. The van der Waals surface area contributed by atoms with Crippen LogP contribution in [0.25, 0.3) is 11.3 Å². The van der Waals surface area contributed by atoms with Crippen molar-refractivity contribution in [3.05, 3.63) is 69.5 Å². The van der Waals surface area contributed by atoms with Crippen molar-refractivity contribution in [3.63, 3.8) is 0 Å². The quantitative estimate of drug-likeness (QED) is 0.408. The van der Waals surface area contributed by atoms with Crippen LogP contribution in [0.1, 0.15) is 11.1 Å². The minimum absolute atomic E-state index is 0.559. The molecule has 128 valence electrons. The van der Waals surface area contributed by atoms with E-state index in [9.17, 15) is 13.2 Å². The lowest BCUT2D eigenvalue weighted by molar-refractivity contribution is -0.137. The van der Waals surface area contributed by atoms with Crippen LogP contribution in [0.5, 0.6) is 0 Å². The summed E-state index contributed by atoms with van der Waals surface area (Å²) in [5, 5.41) is 6.43. The molecule has 3 aromatic rings. The molecule has 0 bridgehead atoms. The molecule has 0 unspecified atom stereocenters. The Morgan fingerprint density at radius 2 is 1.72 bits per heavy atom. The van der Waals surface area contributed by atoms with Crippen LogP contribution in [0.3, 0.4) is 0 Å². The van der Waals surface area contributed by atoms with Gasteiger partial charge in [-0.15, -0.1) is 11.3 Å². The largest absolute Gasteiger partial charge is 0.416 e. The number of benzene rings is 2. The Hall–Kier alpha value is -2.19. The van der Waals surface area contributed by atoms with Gasteiger partial charge in [-0.1, -0.05) is 40.2 Å². The molecule has 2 aromatic carbocycles. The fourth-order valence-electron chi connectivity index (χ4n) is 2.00. The van der Waals surface area contributed by atoms with E-state index in [1.54, 1.807) is 11.6 Å². The van der Waals surface area contributed by atoms with Gasteiger partial charge in [-0.25, -0.2) is 4.98 Å². The number of nitrogens with zero attached hydrogens (tertiary/aromatic N) is 2. The molecular formula is C17H11BrF3N3S. The number of halogens is 4. The number of rotatable bonds is 4. The average Bonchev–Trinajstić information content (AvgIpc) is 3.05. The Bertz CT molecular complexity index is 871. The summed E-state index contributed by atoms with van der Waals surface area (Å²) in [4.78, 5) is 4.32. The number of hydrogen-bond donors (Lipinski definition) is 1. The van der Waals surface area contributed by atoms with Crippen molar-refractivity contribution in [1.29, 1.82) is 0 Å². The third-order valence-electron chi connectivity index (χ3n) is 3.26. The molecule has 0 aliphatic rings. The summed E-state index contributed by atoms with van der Waals surface area (Å²) in [6.45, 7) is 0. The number of thiazole rings is 1. The van der Waals surface area contributed by atoms with Crippen molar-refractivity contribution in [2.24, 2.45) is 5.10 Å². The van der Waals surface area contributed by atoms with E-state index < -0.39 is 11.7 Å². The van der Waals surface area contributed by atoms with Gasteiger partial charge in [0.2, 0.25) is 5.13 Å². The maximum atomic E-state index is 12.6. The van der Waals surface area contributed by atoms with Crippen molar-refractivity contribution in [2.75, 3.05) is 5.43 Å². The lowest BCUT2D eigenvalue weighted by Gasteiger charge is -2.06. The fraction of sp³-hybridized carbons (Fsp3) is 0.0588. The Morgan fingerprint density at radius 1 is 1.04 bits per heavy atom. The molecule has 0 aliphatic heterocycles. The molecule has 0 amide bonds. The van der Waals surface area contributed by atoms with E-state index in [-0.39, 0.29) is 0 Å². The zero-order valence-electron chi connectivity index (χ0n) is 12.6. The van der Waals surface area contributed by atoms with Gasteiger partial charge in [-0.05, 0) is 29.8 Å². The van der Waals surface area contributed by atoms with Crippen LogP contribution in [0.15, 0.2) is 63.5 Å². The van der Waals surface area contributed by atoms with E-state index in [1.807, 2.05) is 24.3 Å². The van der Waals surface area contributed by atoms with Gasteiger partial charge < -0.3 is 0 Å². The molecule has 0 saturated heterocycles. The Labute approximate surface area is 154 Å². The highest BCUT2D eigenvalue weighted by molar-refractivity contribution is 9.10. The topological polar surface area (TPSA) is 37.3 Å². The average molecular weight is 426 g/mol. The highest BCUT2D eigenvalue weighted by Gasteiger charge is 2.30. The van der Waals surface area contributed by atoms with Crippen LogP contribution in [-0.4, -0.2) is 11.2 Å². The predicted octanol–water partition coefficient (Wildman–Crippen LogP) is 6.04. The molecule has 0 atom stereocenters. The number of alkyl halides is 3. The smallest absolute Gasteiger partial charge is 0.253 e. The number of hydrazone groups is 1. The molecule has 0 fully saturated rings. The van der Waals surface area contributed by atoms with Crippen molar-refractivity contribution in [2.45, 2.75) is 6.18 Å². The lowest BCUT2D eigenvalue weighted by atomic mass is 10.1. The fourth-order valence-corrected chi connectivity index (χ4v) is 2.93. The molecule has 25 heavy (non-hydrogen) atoms. The first kappa shape index (κ1) is 17.6. The van der Waals surface area contributed by atoms with Crippen molar-refractivity contribution < 1.29 is 13.2 Å². The molecule has 0 aliphatic carbocycles. The van der Waals surface area contributed by atoms with Gasteiger partial charge in [0, 0.05) is 15.4 Å². The molecular weight excluding hydrogens is 415 g/mol. The molecule has 3 nitrogen and oxygen atoms in total. The van der Waals surface area contributed by atoms with Gasteiger partial charge in [0.1, 0.15) is 0 Å².